The van der Waals surface area contributed by atoms with E-state index in [9.17, 15) is 56.6 Å². The summed E-state index contributed by atoms with van der Waals surface area (Å²) in [4.78, 5) is 116. The number of carbonyl (C=O) groups excluding carboxylic acids is 8. The van der Waals surface area contributed by atoms with Crippen LogP contribution in [0.4, 0.5) is 13.2 Å². The highest BCUT2D eigenvalue weighted by atomic mass is 32.2. The van der Waals surface area contributed by atoms with E-state index in [0.29, 0.717) is 60.9 Å². The van der Waals surface area contributed by atoms with Gasteiger partial charge in [0.25, 0.3) is 5.91 Å². The van der Waals surface area contributed by atoms with Gasteiger partial charge in [-0.2, -0.15) is 24.9 Å². The number of benzene rings is 3. The summed E-state index contributed by atoms with van der Waals surface area (Å²) in [5.41, 5.74) is 20.5. The molecule has 1 aliphatic rings. The zero-order valence-electron chi connectivity index (χ0n) is 55.5. The van der Waals surface area contributed by atoms with Crippen LogP contribution in [0.1, 0.15) is 95.9 Å². The van der Waals surface area contributed by atoms with Crippen LogP contribution in [-0.2, 0) is 64.0 Å². The van der Waals surface area contributed by atoms with Crippen LogP contribution in [0.3, 0.4) is 0 Å². The fourth-order valence-corrected chi connectivity index (χ4v) is 11.3. The summed E-state index contributed by atoms with van der Waals surface area (Å²) in [5, 5.41) is 16.1. The average molecular weight is 1330 g/mol. The minimum Gasteiger partial charge on any atom is -0.508 e. The molecule has 4 rings (SSSR count). The first-order valence-electron chi connectivity index (χ1n) is 31.7. The van der Waals surface area contributed by atoms with Crippen molar-refractivity contribution in [2.45, 2.75) is 99.3 Å². The quantitative estimate of drug-likeness (QED) is 0.0148. The fraction of sp³-hybridized carbons (Fsp3) is 0.507. The van der Waals surface area contributed by atoms with Gasteiger partial charge in [-0.3, -0.25) is 38.4 Å². The Hall–Kier alpha value is -8.00. The largest absolute Gasteiger partial charge is 0.508 e. The highest BCUT2D eigenvalue weighted by molar-refractivity contribution is 7.98. The number of thioether (sulfide) groups is 1. The molecular weight excluding hydrogens is 1230 g/mol. The van der Waals surface area contributed by atoms with E-state index >= 15 is 0 Å². The van der Waals surface area contributed by atoms with Crippen molar-refractivity contribution in [3.63, 3.8) is 0 Å². The van der Waals surface area contributed by atoms with Crippen LogP contribution in [0.25, 0.3) is 0 Å². The Labute approximate surface area is 555 Å². The number of hydrogen-bond donors (Lipinski definition) is 6. The van der Waals surface area contributed by atoms with Crippen LogP contribution >= 0.6 is 11.8 Å². The molecule has 3 aromatic rings. The number of primary amides is 1. The van der Waals surface area contributed by atoms with Crippen LogP contribution in [0.15, 0.2) is 114 Å². The number of nitrogens with zero attached hydrogens (tertiary/aromatic N) is 5. The van der Waals surface area contributed by atoms with Crippen molar-refractivity contribution >= 4 is 58.9 Å². The second-order valence-electron chi connectivity index (χ2n) is 24.3. The molecule has 7 amide bonds. The predicted molar refractivity (Wildman–Crippen MR) is 359 cm³/mol. The highest BCUT2D eigenvalue weighted by Crippen LogP contribution is 2.33. The molecule has 0 aromatic heterocycles. The zero-order valence-corrected chi connectivity index (χ0v) is 56.3. The lowest BCUT2D eigenvalue weighted by atomic mass is 9.98. The molecule has 21 nitrogen and oxygen atoms in total. The van der Waals surface area contributed by atoms with Crippen molar-refractivity contribution in [1.82, 2.24) is 35.1 Å². The third-order valence-corrected chi connectivity index (χ3v) is 16.2. The molecule has 0 fully saturated rings. The summed E-state index contributed by atoms with van der Waals surface area (Å²) < 4.78 is 51.8. The number of ketones is 1. The minimum atomic E-state index is -4.63. The molecule has 0 radical (unpaired) electrons. The van der Waals surface area contributed by atoms with E-state index in [4.69, 9.17) is 26.7 Å². The van der Waals surface area contributed by atoms with E-state index in [1.165, 1.54) is 33.7 Å². The van der Waals surface area contributed by atoms with Crippen molar-refractivity contribution in [1.29, 1.82) is 0 Å². The number of aromatic hydroxyl groups is 1. The van der Waals surface area contributed by atoms with Gasteiger partial charge in [-0.15, -0.1) is 0 Å². The second-order valence-corrected chi connectivity index (χ2v) is 25.2. The molecule has 25 heteroatoms. The molecule has 1 aliphatic heterocycles. The summed E-state index contributed by atoms with van der Waals surface area (Å²) in [6.45, 7) is 20.6. The second kappa shape index (κ2) is 39.6. The summed E-state index contributed by atoms with van der Waals surface area (Å²) in [6, 6.07) is 16.6. The fourth-order valence-electron chi connectivity index (χ4n) is 10.6. The first-order valence-corrected chi connectivity index (χ1v) is 33.1. The van der Waals surface area contributed by atoms with E-state index in [2.05, 4.69) is 23.8 Å². The van der Waals surface area contributed by atoms with Gasteiger partial charge in [0.15, 0.2) is 17.3 Å². The van der Waals surface area contributed by atoms with Crippen LogP contribution in [0, 0.1) is 23.7 Å². The summed E-state index contributed by atoms with van der Waals surface area (Å²) in [7, 11) is 0. The number of rotatable bonds is 42. The lowest BCUT2D eigenvalue weighted by Gasteiger charge is -2.30. The Bertz CT molecular complexity index is 3120. The minimum absolute atomic E-state index is 0.00297. The number of fused-ring (bicyclic) bond motifs is 1. The van der Waals surface area contributed by atoms with E-state index in [-0.39, 0.29) is 127 Å². The molecule has 0 bridgehead atoms. The van der Waals surface area contributed by atoms with E-state index in [1.54, 1.807) is 47.2 Å². The third-order valence-electron chi connectivity index (χ3n) is 15.4. The van der Waals surface area contributed by atoms with Gasteiger partial charge in [-0.25, -0.2) is 0 Å². The first-order chi connectivity index (χ1) is 44.5. The van der Waals surface area contributed by atoms with Crippen LogP contribution in [0.5, 0.6) is 17.2 Å². The number of amides is 7. The van der Waals surface area contributed by atoms with Gasteiger partial charge < -0.3 is 66.9 Å². The van der Waals surface area contributed by atoms with E-state index in [0.717, 1.165) is 39.3 Å². The number of carbonyl (C=O) groups is 8. The summed E-state index contributed by atoms with van der Waals surface area (Å²) >= 11 is 1.35. The van der Waals surface area contributed by atoms with Gasteiger partial charge in [-0.1, -0.05) is 95.3 Å². The topological polar surface area (TPSA) is 294 Å². The Morgan fingerprint density at radius 3 is 2.01 bits per heavy atom. The van der Waals surface area contributed by atoms with Crippen molar-refractivity contribution in [3.05, 3.63) is 137 Å². The summed E-state index contributed by atoms with van der Waals surface area (Å²) in [6.07, 6.45) is 1.75. The Morgan fingerprint density at radius 1 is 0.755 bits per heavy atom. The van der Waals surface area contributed by atoms with Crippen molar-refractivity contribution < 1.29 is 66.1 Å². The van der Waals surface area contributed by atoms with Gasteiger partial charge in [0.2, 0.25) is 42.2 Å². The predicted octanol–water partition coefficient (Wildman–Crippen LogP) is 6.77. The Kier molecular flexibility index (Phi) is 33.1. The molecule has 1 heterocycles. The number of phenolic OH excluding ortho intramolecular Hbond substituents is 1. The monoisotopic (exact) mass is 1330 g/mol. The normalized spacial score (nSPS) is 13.2. The van der Waals surface area contributed by atoms with E-state index in [1.807, 2.05) is 65.0 Å². The van der Waals surface area contributed by atoms with Crippen LogP contribution in [-0.4, -0.2) is 181 Å². The van der Waals surface area contributed by atoms with Gasteiger partial charge in [0.1, 0.15) is 12.3 Å². The number of halogens is 3. The standard InChI is InChI=1S/C69H97F3N10O11S/c1-10-52(35-76-36-55-17-22-60-61(33-55)93-45-92-60)32-51(8)68(91)81(37-46(2)3)39-48(5)31-49(6)66(89)80(27-23-53-15-20-58(83)21-16-53)38-47(4)30-50(7)67(90)82(40-54-13-18-57(19-14-54)69(70,71)72)42-62(85)77-26-11-12-63(86)79(29-25-74)43-64(87)78(28-24-73)41-59(84)34-56(44-94-9)65(75)88/h13-22,31-33,46-47,49,56,76,83H,7-8,10-12,23-30,34-45,73-74H2,1-6,9H3,(H2,75,88)(H,77,85)/b48-31+,52-32+/t47?,49-,56?/m0/s1. The lowest BCUT2D eigenvalue weighted by molar-refractivity contribution is -0.142. The average Bonchev–Trinajstić information content (AvgIpc) is 1.34. The molecule has 516 valence electrons. The molecule has 2 unspecified atom stereocenters. The first kappa shape index (κ1) is 78.4. The molecular formula is C69H97F3N10O11S. The number of hydrogen-bond acceptors (Lipinski definition) is 15. The Morgan fingerprint density at radius 2 is 1.39 bits per heavy atom. The number of phenols is 1. The number of ether oxygens (including phenoxy) is 2. The van der Waals surface area contributed by atoms with Crippen molar-refractivity contribution in [2.75, 3.05) is 104 Å². The number of nitrogens with one attached hydrogen (secondary N) is 2. The maximum atomic E-state index is 14.6. The van der Waals surface area contributed by atoms with Gasteiger partial charge in [-0.05, 0) is 110 Å². The van der Waals surface area contributed by atoms with Gasteiger partial charge >= 0.3 is 6.18 Å². The maximum Gasteiger partial charge on any atom is 0.416 e. The number of alkyl halides is 3. The zero-order chi connectivity index (χ0) is 69.7. The van der Waals surface area contributed by atoms with Gasteiger partial charge in [0, 0.05) is 108 Å². The third kappa shape index (κ3) is 27.1. The SMILES string of the molecule is C=C(/C=C(\CC)CNCc1ccc2c(c1)OCO2)C(=O)N(C/C(C)=C/[C@H](C)C(=O)N(CCc1ccc(O)cc1)CC(C)CC(=C)C(=O)N(CC(=O)NCCCC(=O)N(CCN)CC(=O)N(CCN)CC(=O)CC(CSC)C(N)=O)Cc1ccc(C(F)(F)F)cc1)CC(C)C. The molecule has 3 aromatic carbocycles. The molecule has 0 saturated heterocycles. The summed E-state index contributed by atoms with van der Waals surface area (Å²) in [5.74, 6) is -3.69. The van der Waals surface area contributed by atoms with Gasteiger partial charge in [0.05, 0.1) is 30.5 Å². The van der Waals surface area contributed by atoms with Crippen LogP contribution < -0.4 is 37.3 Å². The van der Waals surface area contributed by atoms with Crippen molar-refractivity contribution in [3.8, 4) is 17.2 Å². The smallest absolute Gasteiger partial charge is 0.416 e. The number of nitrogens with two attached hydrogens (primary N) is 3. The maximum absolute atomic E-state index is 14.6. The molecule has 0 aliphatic carbocycles. The Balaban J connectivity index is 1.45. The van der Waals surface area contributed by atoms with E-state index < -0.39 is 77.9 Å². The molecule has 9 N–H and O–H groups in total. The molecule has 94 heavy (non-hydrogen) atoms. The molecule has 0 saturated carbocycles. The lowest BCUT2D eigenvalue weighted by Crippen LogP contribution is -2.47. The molecule has 0 spiro atoms. The van der Waals surface area contributed by atoms with Crippen molar-refractivity contribution in [2.24, 2.45) is 40.9 Å². The highest BCUT2D eigenvalue weighted by Gasteiger charge is 2.32. The number of Topliss-reactive ketones (excluding diaryl/α,β-unsaturated/α-hetero) is 1. The van der Waals surface area contributed by atoms with Crippen LogP contribution in [0.2, 0.25) is 0 Å². The molecule has 3 atom stereocenters.